The van der Waals surface area contributed by atoms with Crippen molar-refractivity contribution in [2.24, 2.45) is 11.7 Å². The molecule has 0 unspecified atom stereocenters. The Morgan fingerprint density at radius 1 is 1.77 bits per heavy atom. The van der Waals surface area contributed by atoms with Gasteiger partial charge < -0.3 is 10.6 Å². The monoisotopic (exact) mass is 180 g/mol. The highest BCUT2D eigenvalue weighted by atomic mass is 16.2. The Morgan fingerprint density at radius 3 is 3.00 bits per heavy atom. The van der Waals surface area contributed by atoms with Gasteiger partial charge in [0.15, 0.2) is 0 Å². The molecule has 2 amide bonds. The summed E-state index contributed by atoms with van der Waals surface area (Å²) in [6, 6.07) is 0. The lowest BCUT2D eigenvalue weighted by molar-refractivity contribution is -0.133. The predicted molar refractivity (Wildman–Crippen MR) is 47.3 cm³/mol. The average molecular weight is 180 g/mol. The van der Waals surface area contributed by atoms with E-state index in [2.05, 4.69) is 5.92 Å². The van der Waals surface area contributed by atoms with Gasteiger partial charge in [0.05, 0.1) is 6.54 Å². The van der Waals surface area contributed by atoms with Gasteiger partial charge in [0.25, 0.3) is 0 Å². The molecule has 13 heavy (non-hydrogen) atoms. The Hall–Kier alpha value is -1.50. The van der Waals surface area contributed by atoms with Gasteiger partial charge in [-0.1, -0.05) is 5.92 Å². The van der Waals surface area contributed by atoms with E-state index in [9.17, 15) is 9.59 Å². The number of carbonyl (C=O) groups excluding carboxylic acids is 2. The molecule has 0 spiro atoms. The average Bonchev–Trinajstić information content (AvgIpc) is 2.36. The van der Waals surface area contributed by atoms with Crippen molar-refractivity contribution < 1.29 is 9.59 Å². The van der Waals surface area contributed by atoms with Gasteiger partial charge in [0.2, 0.25) is 11.8 Å². The molecule has 0 bridgehead atoms. The molecule has 1 atom stereocenters. The summed E-state index contributed by atoms with van der Waals surface area (Å²) in [4.78, 5) is 23.6. The van der Waals surface area contributed by atoms with E-state index >= 15 is 0 Å². The first-order valence-corrected chi connectivity index (χ1v) is 4.15. The quantitative estimate of drug-likeness (QED) is 0.586. The second kappa shape index (κ2) is 3.94. The molecule has 2 N–H and O–H groups in total. The second-order valence-corrected chi connectivity index (χ2v) is 3.12. The highest BCUT2D eigenvalue weighted by Crippen LogP contribution is 2.20. The van der Waals surface area contributed by atoms with Gasteiger partial charge in [-0.05, 0) is 6.42 Å². The molecular weight excluding hydrogens is 168 g/mol. The standard InChI is InChI=1S/C9H12N2O2/c1-2-4-11-5-3-7(9(11)13)6-8(10)12/h1,7H,3-6H2,(H2,10,12)/t7-/m0/s1. The summed E-state index contributed by atoms with van der Waals surface area (Å²) in [6.45, 7) is 0.967. The first-order chi connectivity index (χ1) is 6.15. The summed E-state index contributed by atoms with van der Waals surface area (Å²) in [5.41, 5.74) is 5.00. The molecular formula is C9H12N2O2. The molecule has 0 saturated carbocycles. The second-order valence-electron chi connectivity index (χ2n) is 3.12. The summed E-state index contributed by atoms with van der Waals surface area (Å²) < 4.78 is 0. The maximum absolute atomic E-state index is 11.5. The van der Waals surface area contributed by atoms with E-state index in [1.54, 1.807) is 4.90 Å². The summed E-state index contributed by atoms with van der Waals surface area (Å²) >= 11 is 0. The van der Waals surface area contributed by atoms with E-state index in [1.807, 2.05) is 0 Å². The van der Waals surface area contributed by atoms with E-state index in [1.165, 1.54) is 0 Å². The van der Waals surface area contributed by atoms with Crippen molar-refractivity contribution in [3.63, 3.8) is 0 Å². The molecule has 4 nitrogen and oxygen atoms in total. The number of amides is 2. The number of rotatable bonds is 3. The summed E-state index contributed by atoms with van der Waals surface area (Å²) in [6.07, 6.45) is 5.90. The van der Waals surface area contributed by atoms with Crippen LogP contribution in [-0.4, -0.2) is 29.8 Å². The van der Waals surface area contributed by atoms with Crippen LogP contribution in [0.2, 0.25) is 0 Å². The van der Waals surface area contributed by atoms with Gasteiger partial charge in [0.1, 0.15) is 0 Å². The minimum atomic E-state index is -0.430. The lowest BCUT2D eigenvalue weighted by Crippen LogP contribution is -2.29. The molecule has 1 aliphatic rings. The lowest BCUT2D eigenvalue weighted by atomic mass is 10.0. The van der Waals surface area contributed by atoms with Gasteiger partial charge in [-0.2, -0.15) is 0 Å². The third kappa shape index (κ3) is 2.22. The van der Waals surface area contributed by atoms with E-state index < -0.39 is 5.91 Å². The third-order valence-electron chi connectivity index (χ3n) is 2.14. The minimum absolute atomic E-state index is 0.0447. The molecule has 0 radical (unpaired) electrons. The summed E-state index contributed by atoms with van der Waals surface area (Å²) in [7, 11) is 0. The molecule has 70 valence electrons. The molecule has 1 saturated heterocycles. The molecule has 0 aliphatic carbocycles. The number of likely N-dealkylation sites (tertiary alicyclic amines) is 1. The predicted octanol–water partition coefficient (Wildman–Crippen LogP) is -0.657. The summed E-state index contributed by atoms with van der Waals surface area (Å²) in [5, 5.41) is 0. The fourth-order valence-corrected chi connectivity index (χ4v) is 1.50. The van der Waals surface area contributed by atoms with Crippen LogP contribution in [0.1, 0.15) is 12.8 Å². The summed E-state index contributed by atoms with van der Waals surface area (Å²) in [5.74, 6) is 1.68. The number of terminal acetylenes is 1. The number of hydrogen-bond acceptors (Lipinski definition) is 2. The van der Waals surface area contributed by atoms with Gasteiger partial charge in [0, 0.05) is 18.9 Å². The highest BCUT2D eigenvalue weighted by molar-refractivity contribution is 5.86. The Labute approximate surface area is 77.1 Å². The van der Waals surface area contributed by atoms with E-state index in [0.29, 0.717) is 19.5 Å². The molecule has 0 aromatic heterocycles. The van der Waals surface area contributed by atoms with Crippen LogP contribution in [-0.2, 0) is 9.59 Å². The SMILES string of the molecule is C#CCN1CC[C@@H](CC(N)=O)C1=O. The van der Waals surface area contributed by atoms with Crippen molar-refractivity contribution in [3.05, 3.63) is 0 Å². The van der Waals surface area contributed by atoms with E-state index in [4.69, 9.17) is 12.2 Å². The van der Waals surface area contributed by atoms with Crippen LogP contribution in [0.3, 0.4) is 0 Å². The fourth-order valence-electron chi connectivity index (χ4n) is 1.50. The van der Waals surface area contributed by atoms with Crippen molar-refractivity contribution in [3.8, 4) is 12.3 Å². The molecule has 1 aliphatic heterocycles. The molecule has 1 fully saturated rings. The van der Waals surface area contributed by atoms with Crippen LogP contribution in [0.15, 0.2) is 0 Å². The Kier molecular flexibility index (Phi) is 2.91. The van der Waals surface area contributed by atoms with Crippen molar-refractivity contribution >= 4 is 11.8 Å². The van der Waals surface area contributed by atoms with Crippen LogP contribution in [0, 0.1) is 18.3 Å². The zero-order chi connectivity index (χ0) is 9.84. The number of nitrogens with two attached hydrogens (primary N) is 1. The van der Waals surface area contributed by atoms with Gasteiger partial charge in [-0.3, -0.25) is 9.59 Å². The lowest BCUT2D eigenvalue weighted by Gasteiger charge is -2.11. The zero-order valence-electron chi connectivity index (χ0n) is 7.32. The number of hydrogen-bond donors (Lipinski definition) is 1. The Morgan fingerprint density at radius 2 is 2.46 bits per heavy atom. The topological polar surface area (TPSA) is 63.4 Å². The van der Waals surface area contributed by atoms with Crippen LogP contribution >= 0.6 is 0 Å². The zero-order valence-corrected chi connectivity index (χ0v) is 7.32. The van der Waals surface area contributed by atoms with Crippen LogP contribution in [0.25, 0.3) is 0 Å². The van der Waals surface area contributed by atoms with Crippen molar-refractivity contribution in [2.45, 2.75) is 12.8 Å². The molecule has 1 heterocycles. The molecule has 1 rings (SSSR count). The van der Waals surface area contributed by atoms with Crippen molar-refractivity contribution in [1.82, 2.24) is 4.90 Å². The van der Waals surface area contributed by atoms with Crippen LogP contribution in [0.5, 0.6) is 0 Å². The number of nitrogens with zero attached hydrogens (tertiary/aromatic N) is 1. The van der Waals surface area contributed by atoms with Crippen LogP contribution in [0.4, 0.5) is 0 Å². The number of carbonyl (C=O) groups is 2. The van der Waals surface area contributed by atoms with Crippen molar-refractivity contribution in [2.75, 3.05) is 13.1 Å². The Balaban J connectivity index is 2.51. The first kappa shape index (κ1) is 9.59. The van der Waals surface area contributed by atoms with Gasteiger partial charge >= 0.3 is 0 Å². The molecule has 0 aromatic rings. The smallest absolute Gasteiger partial charge is 0.227 e. The normalized spacial score (nSPS) is 21.6. The van der Waals surface area contributed by atoms with Gasteiger partial charge in [-0.15, -0.1) is 6.42 Å². The van der Waals surface area contributed by atoms with E-state index in [-0.39, 0.29) is 18.2 Å². The molecule has 4 heteroatoms. The minimum Gasteiger partial charge on any atom is -0.370 e. The van der Waals surface area contributed by atoms with Crippen molar-refractivity contribution in [1.29, 1.82) is 0 Å². The third-order valence-corrected chi connectivity index (χ3v) is 2.14. The Bertz CT molecular complexity index is 267. The first-order valence-electron chi connectivity index (χ1n) is 4.15. The van der Waals surface area contributed by atoms with E-state index in [0.717, 1.165) is 0 Å². The fraction of sp³-hybridized carbons (Fsp3) is 0.556. The molecule has 0 aromatic carbocycles. The highest BCUT2D eigenvalue weighted by Gasteiger charge is 2.31. The van der Waals surface area contributed by atoms with Crippen LogP contribution < -0.4 is 5.73 Å². The largest absolute Gasteiger partial charge is 0.370 e. The van der Waals surface area contributed by atoms with Gasteiger partial charge in [-0.25, -0.2) is 0 Å². The maximum Gasteiger partial charge on any atom is 0.227 e. The maximum atomic E-state index is 11.5. The number of primary amides is 1.